The number of nitrogens with zero attached hydrogens (tertiary/aromatic N) is 1. The molecule has 1 fully saturated rings. The molecule has 1 aliphatic carbocycles. The number of benzene rings is 1. The molecule has 0 aromatic heterocycles. The number of ether oxygens (including phenoxy) is 1. The van der Waals surface area contributed by atoms with Crippen LogP contribution >= 0.6 is 0 Å². The van der Waals surface area contributed by atoms with Crippen molar-refractivity contribution in [3.8, 4) is 5.75 Å². The molecule has 3 heteroatoms. The molecule has 100 valence electrons. The molecule has 0 saturated heterocycles. The van der Waals surface area contributed by atoms with Gasteiger partial charge in [0.2, 0.25) is 0 Å². The topological polar surface area (TPSA) is 38.5 Å². The van der Waals surface area contributed by atoms with Crippen molar-refractivity contribution in [3.05, 3.63) is 29.8 Å². The average Bonchev–Trinajstić information content (AvgIpc) is 2.34. The summed E-state index contributed by atoms with van der Waals surface area (Å²) in [6.07, 6.45) is 3.28. The molecule has 0 spiro atoms. The first-order valence-electron chi connectivity index (χ1n) is 6.71. The minimum atomic E-state index is 0.413. The molecule has 18 heavy (non-hydrogen) atoms. The van der Waals surface area contributed by atoms with Gasteiger partial charge in [-0.05, 0) is 44.9 Å². The zero-order valence-corrected chi connectivity index (χ0v) is 11.6. The van der Waals surface area contributed by atoms with Gasteiger partial charge in [0.25, 0.3) is 0 Å². The lowest BCUT2D eigenvalue weighted by atomic mass is 9.85. The Hall–Kier alpha value is -1.06. The van der Waals surface area contributed by atoms with Crippen molar-refractivity contribution in [2.24, 2.45) is 5.73 Å². The fourth-order valence-electron chi connectivity index (χ4n) is 2.66. The Labute approximate surface area is 110 Å². The number of rotatable bonds is 5. The van der Waals surface area contributed by atoms with E-state index in [0.717, 1.165) is 25.0 Å². The van der Waals surface area contributed by atoms with Crippen molar-refractivity contribution in [1.29, 1.82) is 0 Å². The molecule has 1 unspecified atom stereocenters. The van der Waals surface area contributed by atoms with Crippen LogP contribution in [-0.2, 0) is 6.42 Å². The second-order valence-corrected chi connectivity index (χ2v) is 5.42. The number of hydrogen-bond acceptors (Lipinski definition) is 3. The van der Waals surface area contributed by atoms with Gasteiger partial charge in [0.1, 0.15) is 5.75 Å². The maximum Gasteiger partial charge on any atom is 0.122 e. The highest BCUT2D eigenvalue weighted by Gasteiger charge is 2.31. The van der Waals surface area contributed by atoms with Gasteiger partial charge in [-0.3, -0.25) is 0 Å². The SMILES string of the molecule is COc1ccccc1CC(C)N(C)C1CC(N)C1. The summed E-state index contributed by atoms with van der Waals surface area (Å²) in [6, 6.07) is 9.85. The van der Waals surface area contributed by atoms with Gasteiger partial charge in [-0.25, -0.2) is 0 Å². The summed E-state index contributed by atoms with van der Waals surface area (Å²) >= 11 is 0. The Morgan fingerprint density at radius 3 is 2.67 bits per heavy atom. The minimum Gasteiger partial charge on any atom is -0.496 e. The molecule has 1 aromatic carbocycles. The zero-order valence-electron chi connectivity index (χ0n) is 11.6. The van der Waals surface area contributed by atoms with Crippen molar-refractivity contribution < 1.29 is 4.74 Å². The van der Waals surface area contributed by atoms with E-state index in [1.54, 1.807) is 7.11 Å². The van der Waals surface area contributed by atoms with E-state index in [4.69, 9.17) is 10.5 Å². The number of para-hydroxylation sites is 1. The predicted octanol–water partition coefficient (Wildman–Crippen LogP) is 2.05. The lowest BCUT2D eigenvalue weighted by Gasteiger charge is -2.42. The number of hydrogen-bond donors (Lipinski definition) is 1. The third-order valence-electron chi connectivity index (χ3n) is 4.13. The van der Waals surface area contributed by atoms with Gasteiger partial charge in [-0.15, -0.1) is 0 Å². The Balaban J connectivity index is 1.95. The summed E-state index contributed by atoms with van der Waals surface area (Å²) < 4.78 is 5.41. The fourth-order valence-corrected chi connectivity index (χ4v) is 2.66. The van der Waals surface area contributed by atoms with Crippen molar-refractivity contribution in [1.82, 2.24) is 4.90 Å². The average molecular weight is 248 g/mol. The van der Waals surface area contributed by atoms with Crippen molar-refractivity contribution >= 4 is 0 Å². The van der Waals surface area contributed by atoms with Crippen LogP contribution in [-0.4, -0.2) is 37.2 Å². The first kappa shape index (κ1) is 13.4. The summed E-state index contributed by atoms with van der Waals surface area (Å²) in [5.41, 5.74) is 7.14. The van der Waals surface area contributed by atoms with E-state index in [2.05, 4.69) is 31.0 Å². The van der Waals surface area contributed by atoms with Crippen LogP contribution in [0.2, 0.25) is 0 Å². The minimum absolute atomic E-state index is 0.413. The van der Waals surface area contributed by atoms with Crippen molar-refractivity contribution in [3.63, 3.8) is 0 Å². The fraction of sp³-hybridized carbons (Fsp3) is 0.600. The Morgan fingerprint density at radius 1 is 1.39 bits per heavy atom. The quantitative estimate of drug-likeness (QED) is 0.866. The Bertz CT molecular complexity index is 388. The molecule has 1 aromatic rings. The molecule has 1 aliphatic rings. The normalized spacial score (nSPS) is 24.7. The van der Waals surface area contributed by atoms with Gasteiger partial charge in [-0.1, -0.05) is 18.2 Å². The number of nitrogens with two attached hydrogens (primary N) is 1. The van der Waals surface area contributed by atoms with E-state index in [1.807, 2.05) is 12.1 Å². The highest BCUT2D eigenvalue weighted by molar-refractivity contribution is 5.33. The molecule has 1 saturated carbocycles. The summed E-state index contributed by atoms with van der Waals surface area (Å²) in [7, 11) is 3.94. The molecule has 2 N–H and O–H groups in total. The Morgan fingerprint density at radius 2 is 2.06 bits per heavy atom. The Kier molecular flexibility index (Phi) is 4.25. The third-order valence-corrected chi connectivity index (χ3v) is 4.13. The number of likely N-dealkylation sites (N-methyl/N-ethyl adjacent to an activating group) is 1. The molecule has 0 bridgehead atoms. The van der Waals surface area contributed by atoms with E-state index in [1.165, 1.54) is 5.56 Å². The third kappa shape index (κ3) is 2.85. The van der Waals surface area contributed by atoms with Gasteiger partial charge in [0.05, 0.1) is 7.11 Å². The molecule has 0 radical (unpaired) electrons. The molecule has 2 rings (SSSR count). The monoisotopic (exact) mass is 248 g/mol. The van der Waals surface area contributed by atoms with Crippen LogP contribution in [0, 0.1) is 0 Å². The second kappa shape index (κ2) is 5.72. The largest absolute Gasteiger partial charge is 0.496 e. The van der Waals surface area contributed by atoms with Crippen LogP contribution in [0.25, 0.3) is 0 Å². The van der Waals surface area contributed by atoms with Crippen LogP contribution in [0.3, 0.4) is 0 Å². The zero-order chi connectivity index (χ0) is 13.1. The maximum atomic E-state index is 5.86. The van der Waals surface area contributed by atoms with Gasteiger partial charge in [0, 0.05) is 18.1 Å². The lowest BCUT2D eigenvalue weighted by Crippen LogP contribution is -2.52. The molecule has 0 heterocycles. The van der Waals surface area contributed by atoms with E-state index in [-0.39, 0.29) is 0 Å². The number of methoxy groups -OCH3 is 1. The maximum absolute atomic E-state index is 5.86. The van der Waals surface area contributed by atoms with Gasteiger partial charge < -0.3 is 15.4 Å². The molecular formula is C15H24N2O. The van der Waals surface area contributed by atoms with Crippen LogP contribution in [0.4, 0.5) is 0 Å². The van der Waals surface area contributed by atoms with Gasteiger partial charge in [-0.2, -0.15) is 0 Å². The summed E-state index contributed by atoms with van der Waals surface area (Å²) in [5.74, 6) is 0.989. The summed E-state index contributed by atoms with van der Waals surface area (Å²) in [4.78, 5) is 2.45. The van der Waals surface area contributed by atoms with E-state index in [0.29, 0.717) is 18.1 Å². The first-order chi connectivity index (χ1) is 8.61. The predicted molar refractivity (Wildman–Crippen MR) is 74.9 cm³/mol. The standard InChI is InChI=1S/C15H24N2O/c1-11(17(2)14-9-13(16)10-14)8-12-6-4-5-7-15(12)18-3/h4-7,11,13-14H,8-10,16H2,1-3H3. The van der Waals surface area contributed by atoms with Crippen molar-refractivity contribution in [2.75, 3.05) is 14.2 Å². The van der Waals surface area contributed by atoms with E-state index in [9.17, 15) is 0 Å². The van der Waals surface area contributed by atoms with E-state index < -0.39 is 0 Å². The van der Waals surface area contributed by atoms with Crippen LogP contribution in [0.5, 0.6) is 5.75 Å². The van der Waals surface area contributed by atoms with Gasteiger partial charge in [0.15, 0.2) is 0 Å². The molecule has 3 nitrogen and oxygen atoms in total. The highest BCUT2D eigenvalue weighted by atomic mass is 16.5. The summed E-state index contributed by atoms with van der Waals surface area (Å²) in [5, 5.41) is 0. The lowest BCUT2D eigenvalue weighted by molar-refractivity contribution is 0.102. The van der Waals surface area contributed by atoms with Gasteiger partial charge >= 0.3 is 0 Å². The first-order valence-corrected chi connectivity index (χ1v) is 6.71. The van der Waals surface area contributed by atoms with Crippen LogP contribution in [0.15, 0.2) is 24.3 Å². The van der Waals surface area contributed by atoms with Crippen LogP contribution < -0.4 is 10.5 Å². The molecule has 1 atom stereocenters. The smallest absolute Gasteiger partial charge is 0.122 e. The highest BCUT2D eigenvalue weighted by Crippen LogP contribution is 2.27. The van der Waals surface area contributed by atoms with Crippen molar-refractivity contribution in [2.45, 2.75) is 44.3 Å². The summed E-state index contributed by atoms with van der Waals surface area (Å²) in [6.45, 7) is 2.27. The van der Waals surface area contributed by atoms with E-state index >= 15 is 0 Å². The molecule has 0 amide bonds. The van der Waals surface area contributed by atoms with Crippen LogP contribution in [0.1, 0.15) is 25.3 Å². The molecular weight excluding hydrogens is 224 g/mol. The second-order valence-electron chi connectivity index (χ2n) is 5.42. The molecule has 0 aliphatic heterocycles.